The summed E-state index contributed by atoms with van der Waals surface area (Å²) in [4.78, 5) is 6.14. The molecule has 6 nitrogen and oxygen atoms in total. The Labute approximate surface area is 156 Å². The highest BCUT2D eigenvalue weighted by Crippen LogP contribution is 2.58. The van der Waals surface area contributed by atoms with Gasteiger partial charge in [0.2, 0.25) is 0 Å². The van der Waals surface area contributed by atoms with Gasteiger partial charge in [0.15, 0.2) is 0 Å². The van der Waals surface area contributed by atoms with E-state index in [2.05, 4.69) is 31.1 Å². The molecule has 6 heterocycles. The monoisotopic (exact) mass is 358 g/mol. The zero-order valence-corrected chi connectivity index (χ0v) is 15.7. The van der Waals surface area contributed by atoms with Crippen molar-refractivity contribution in [2.75, 3.05) is 39.4 Å². The SMILES string of the molecule is C1CC2C(CN1)C1CCC3C4CNCCC4N4C5NCNCC5N2C1C34. The number of rotatable bonds is 0. The molecule has 7 aliphatic rings. The van der Waals surface area contributed by atoms with Gasteiger partial charge in [-0.15, -0.1) is 0 Å². The fraction of sp³-hybridized carbons (Fsp3) is 1.00. The van der Waals surface area contributed by atoms with E-state index in [1.54, 1.807) is 0 Å². The van der Waals surface area contributed by atoms with E-state index in [1.807, 2.05) is 0 Å². The lowest BCUT2D eigenvalue weighted by Crippen LogP contribution is -2.77. The lowest BCUT2D eigenvalue weighted by Gasteiger charge is -2.59. The van der Waals surface area contributed by atoms with E-state index in [4.69, 9.17) is 0 Å². The molecule has 1 aliphatic carbocycles. The van der Waals surface area contributed by atoms with Gasteiger partial charge >= 0.3 is 0 Å². The van der Waals surface area contributed by atoms with Gasteiger partial charge in [0.1, 0.15) is 0 Å². The number of hydrogen-bond acceptors (Lipinski definition) is 6. The summed E-state index contributed by atoms with van der Waals surface area (Å²) in [6.45, 7) is 7.15. The van der Waals surface area contributed by atoms with Crippen LogP contribution in [-0.4, -0.2) is 85.6 Å². The van der Waals surface area contributed by atoms with Crippen molar-refractivity contribution in [2.45, 2.75) is 62.1 Å². The van der Waals surface area contributed by atoms with Crippen molar-refractivity contribution >= 4 is 0 Å². The van der Waals surface area contributed by atoms with Crippen LogP contribution in [0.5, 0.6) is 0 Å². The van der Waals surface area contributed by atoms with Gasteiger partial charge in [0.25, 0.3) is 0 Å². The third-order valence-electron chi connectivity index (χ3n) is 9.46. The molecule has 0 spiro atoms. The molecule has 0 radical (unpaired) electrons. The molecule has 10 atom stereocenters. The normalized spacial score (nSPS) is 58.6. The van der Waals surface area contributed by atoms with Crippen molar-refractivity contribution in [3.8, 4) is 0 Å². The molecule has 10 unspecified atom stereocenters. The van der Waals surface area contributed by atoms with E-state index in [-0.39, 0.29) is 0 Å². The van der Waals surface area contributed by atoms with Gasteiger partial charge in [-0.25, -0.2) is 0 Å². The lowest BCUT2D eigenvalue weighted by atomic mass is 9.68. The highest BCUT2D eigenvalue weighted by molar-refractivity contribution is 5.22. The number of piperazine rings is 1. The summed E-state index contributed by atoms with van der Waals surface area (Å²) in [7, 11) is 0. The zero-order chi connectivity index (χ0) is 16.8. The van der Waals surface area contributed by atoms with Crippen LogP contribution in [0.1, 0.15) is 25.7 Å². The molecule has 7 fully saturated rings. The molecular weight excluding hydrogens is 324 g/mol. The van der Waals surface area contributed by atoms with E-state index in [0.29, 0.717) is 12.2 Å². The van der Waals surface area contributed by atoms with Crippen LogP contribution < -0.4 is 21.3 Å². The highest BCUT2D eigenvalue weighted by Gasteiger charge is 2.67. The van der Waals surface area contributed by atoms with Crippen LogP contribution in [0.15, 0.2) is 0 Å². The van der Waals surface area contributed by atoms with Gasteiger partial charge in [-0.1, -0.05) is 0 Å². The minimum absolute atomic E-state index is 0.584. The van der Waals surface area contributed by atoms with E-state index in [0.717, 1.165) is 54.5 Å². The Kier molecular flexibility index (Phi) is 3.40. The van der Waals surface area contributed by atoms with Crippen LogP contribution in [0.3, 0.4) is 0 Å². The van der Waals surface area contributed by atoms with Crippen molar-refractivity contribution in [3.63, 3.8) is 0 Å². The molecule has 6 saturated heterocycles. The molecule has 26 heavy (non-hydrogen) atoms. The second-order valence-electron chi connectivity index (χ2n) is 10.1. The summed E-state index contributed by atoms with van der Waals surface area (Å²) in [6, 6.07) is 3.99. The first-order valence-corrected chi connectivity index (χ1v) is 11.3. The molecule has 0 aromatic rings. The average molecular weight is 359 g/mol. The van der Waals surface area contributed by atoms with Crippen LogP contribution in [0.2, 0.25) is 0 Å². The second-order valence-corrected chi connectivity index (χ2v) is 10.1. The van der Waals surface area contributed by atoms with Gasteiger partial charge in [0, 0.05) is 37.4 Å². The summed E-state index contributed by atoms with van der Waals surface area (Å²) in [5, 5.41) is 15.1. The standard InChI is InChI=1S/C20H34N6/c1-2-12-14-8-22-6-4-16(14)26-19(12)18-11(1)13-7-21-5-3-15(13)25(18)17-9-23-10-24-20(17)26/h11-24H,1-10H2. The predicted molar refractivity (Wildman–Crippen MR) is 101 cm³/mol. The van der Waals surface area contributed by atoms with Crippen LogP contribution in [0, 0.1) is 23.7 Å². The Balaban J connectivity index is 1.36. The van der Waals surface area contributed by atoms with Crippen LogP contribution in [0.4, 0.5) is 0 Å². The maximum Gasteiger partial charge on any atom is 0.0785 e. The molecule has 6 aliphatic heterocycles. The number of nitrogens with one attached hydrogen (secondary N) is 4. The first-order chi connectivity index (χ1) is 12.9. The van der Waals surface area contributed by atoms with Crippen molar-refractivity contribution < 1.29 is 0 Å². The third-order valence-corrected chi connectivity index (χ3v) is 9.46. The molecule has 0 amide bonds. The number of piperidine rings is 2. The van der Waals surface area contributed by atoms with E-state index in [1.165, 1.54) is 58.4 Å². The van der Waals surface area contributed by atoms with Gasteiger partial charge < -0.3 is 16.0 Å². The molecular formula is C20H34N6. The van der Waals surface area contributed by atoms with Gasteiger partial charge in [-0.05, 0) is 75.5 Å². The molecule has 0 bridgehead atoms. The first kappa shape index (κ1) is 15.7. The average Bonchev–Trinajstić information content (AvgIpc) is 3.22. The minimum Gasteiger partial charge on any atom is -0.316 e. The quantitative estimate of drug-likeness (QED) is 0.455. The maximum atomic E-state index is 3.93. The molecule has 0 aromatic heterocycles. The number of hydrogen-bond donors (Lipinski definition) is 4. The largest absolute Gasteiger partial charge is 0.316 e. The van der Waals surface area contributed by atoms with Gasteiger partial charge in [-0.3, -0.25) is 15.1 Å². The Bertz CT molecular complexity index is 535. The van der Waals surface area contributed by atoms with Crippen molar-refractivity contribution in [1.29, 1.82) is 0 Å². The Hall–Kier alpha value is -0.240. The Morgan fingerprint density at radius 3 is 1.96 bits per heavy atom. The van der Waals surface area contributed by atoms with Crippen LogP contribution >= 0.6 is 0 Å². The van der Waals surface area contributed by atoms with E-state index in [9.17, 15) is 0 Å². The fourth-order valence-corrected chi connectivity index (χ4v) is 8.83. The van der Waals surface area contributed by atoms with E-state index < -0.39 is 0 Å². The van der Waals surface area contributed by atoms with Crippen molar-refractivity contribution in [3.05, 3.63) is 0 Å². The topological polar surface area (TPSA) is 54.6 Å². The molecule has 1 saturated carbocycles. The Morgan fingerprint density at radius 1 is 0.577 bits per heavy atom. The Morgan fingerprint density at radius 2 is 1.23 bits per heavy atom. The lowest BCUT2D eigenvalue weighted by molar-refractivity contribution is -0.105. The molecule has 6 heteroatoms. The molecule has 4 N–H and O–H groups in total. The minimum atomic E-state index is 0.584. The summed E-state index contributed by atoms with van der Waals surface area (Å²) < 4.78 is 0. The maximum absolute atomic E-state index is 3.93. The number of fused-ring (bicyclic) bond motifs is 9. The van der Waals surface area contributed by atoms with Crippen LogP contribution in [-0.2, 0) is 0 Å². The third kappa shape index (κ3) is 1.84. The molecule has 144 valence electrons. The smallest absolute Gasteiger partial charge is 0.0785 e. The highest BCUT2D eigenvalue weighted by atomic mass is 15.5. The predicted octanol–water partition coefficient (Wildman–Crippen LogP) is -0.804. The number of nitrogens with zero attached hydrogens (tertiary/aromatic N) is 2. The van der Waals surface area contributed by atoms with Gasteiger partial charge in [-0.2, -0.15) is 0 Å². The van der Waals surface area contributed by atoms with E-state index >= 15 is 0 Å². The summed E-state index contributed by atoms with van der Waals surface area (Å²) in [5.41, 5.74) is 0. The zero-order valence-electron chi connectivity index (χ0n) is 15.7. The summed E-state index contributed by atoms with van der Waals surface area (Å²) in [6.07, 6.45) is 6.29. The fourth-order valence-electron chi connectivity index (χ4n) is 8.83. The first-order valence-electron chi connectivity index (χ1n) is 11.3. The van der Waals surface area contributed by atoms with Crippen molar-refractivity contribution in [1.82, 2.24) is 31.1 Å². The van der Waals surface area contributed by atoms with Crippen molar-refractivity contribution in [2.24, 2.45) is 23.7 Å². The second kappa shape index (κ2) is 5.65. The van der Waals surface area contributed by atoms with Gasteiger partial charge in [0.05, 0.1) is 12.2 Å². The van der Waals surface area contributed by atoms with Crippen LogP contribution in [0.25, 0.3) is 0 Å². The molecule has 7 rings (SSSR count). The summed E-state index contributed by atoms with van der Waals surface area (Å²) in [5.74, 6) is 3.67. The molecule has 0 aromatic carbocycles. The summed E-state index contributed by atoms with van der Waals surface area (Å²) >= 11 is 0.